The summed E-state index contributed by atoms with van der Waals surface area (Å²) in [6.07, 6.45) is -4.94. The molecule has 0 saturated heterocycles. The first kappa shape index (κ1) is 18.5. The van der Waals surface area contributed by atoms with E-state index < -0.39 is 12.1 Å². The van der Waals surface area contributed by atoms with Gasteiger partial charge in [-0.25, -0.2) is 0 Å². The van der Waals surface area contributed by atoms with Crippen LogP contribution in [-0.2, 0) is 4.79 Å². The first-order chi connectivity index (χ1) is 11.7. The van der Waals surface area contributed by atoms with E-state index >= 15 is 0 Å². The van der Waals surface area contributed by atoms with Gasteiger partial charge in [-0.3, -0.25) is 9.59 Å². The Morgan fingerprint density at radius 2 is 1.56 bits per heavy atom. The summed E-state index contributed by atoms with van der Waals surface area (Å²) in [5.41, 5.74) is 2.02. The number of carbonyl (C=O) groups is 2. The minimum absolute atomic E-state index is 0.109. The maximum atomic E-state index is 12.6. The Morgan fingerprint density at radius 1 is 1.00 bits per heavy atom. The summed E-state index contributed by atoms with van der Waals surface area (Å²) < 4.78 is 37.8. The Morgan fingerprint density at radius 3 is 2.04 bits per heavy atom. The van der Waals surface area contributed by atoms with Crippen molar-refractivity contribution in [3.63, 3.8) is 0 Å². The number of benzene rings is 2. The fourth-order valence-electron chi connectivity index (χ4n) is 2.23. The highest BCUT2D eigenvalue weighted by molar-refractivity contribution is 6.04. The van der Waals surface area contributed by atoms with Gasteiger partial charge in [-0.05, 0) is 50.2 Å². The largest absolute Gasteiger partial charge is 0.471 e. The van der Waals surface area contributed by atoms with Crippen LogP contribution in [0.5, 0.6) is 0 Å². The lowest BCUT2D eigenvalue weighted by molar-refractivity contribution is -0.170. The third kappa shape index (κ3) is 4.59. The minimum Gasteiger partial charge on any atom is -0.322 e. The summed E-state index contributed by atoms with van der Waals surface area (Å²) in [4.78, 5) is 24.1. The highest BCUT2D eigenvalue weighted by atomic mass is 19.4. The number of halogens is 3. The molecule has 0 aliphatic rings. The highest BCUT2D eigenvalue weighted by Gasteiger charge is 2.42. The predicted molar refractivity (Wildman–Crippen MR) is 89.7 cm³/mol. The Kier molecular flexibility index (Phi) is 5.46. The number of anilines is 2. The van der Waals surface area contributed by atoms with Crippen molar-refractivity contribution in [2.75, 3.05) is 16.8 Å². The van der Waals surface area contributed by atoms with Crippen LogP contribution >= 0.6 is 0 Å². The number of alkyl halides is 3. The van der Waals surface area contributed by atoms with Gasteiger partial charge in [0.05, 0.1) is 0 Å². The summed E-state index contributed by atoms with van der Waals surface area (Å²) in [6.45, 7) is 3.24. The third-order valence-electron chi connectivity index (χ3n) is 3.55. The first-order valence-electron chi connectivity index (χ1n) is 7.59. The molecule has 2 amide bonds. The van der Waals surface area contributed by atoms with E-state index in [2.05, 4.69) is 5.32 Å². The monoisotopic (exact) mass is 350 g/mol. The van der Waals surface area contributed by atoms with Crippen molar-refractivity contribution < 1.29 is 22.8 Å². The summed E-state index contributed by atoms with van der Waals surface area (Å²) in [5, 5.41) is 2.66. The van der Waals surface area contributed by atoms with E-state index in [1.54, 1.807) is 24.3 Å². The number of amides is 2. The van der Waals surface area contributed by atoms with Crippen LogP contribution in [0, 0.1) is 6.92 Å². The summed E-state index contributed by atoms with van der Waals surface area (Å²) in [7, 11) is 0. The Bertz CT molecular complexity index is 753. The van der Waals surface area contributed by atoms with E-state index in [9.17, 15) is 22.8 Å². The average Bonchev–Trinajstić information content (AvgIpc) is 2.56. The maximum absolute atomic E-state index is 12.6. The summed E-state index contributed by atoms with van der Waals surface area (Å²) in [5.74, 6) is -2.25. The second kappa shape index (κ2) is 7.38. The molecule has 0 bridgehead atoms. The molecule has 0 aromatic heterocycles. The lowest BCUT2D eigenvalue weighted by Gasteiger charge is -2.22. The summed E-state index contributed by atoms with van der Waals surface area (Å²) in [6, 6.07) is 12.6. The number of hydrogen-bond donors (Lipinski definition) is 1. The van der Waals surface area contributed by atoms with Crippen molar-refractivity contribution in [1.29, 1.82) is 0 Å². The zero-order chi connectivity index (χ0) is 18.6. The summed E-state index contributed by atoms with van der Waals surface area (Å²) >= 11 is 0. The number of aryl methyl sites for hydroxylation is 1. The lowest BCUT2D eigenvalue weighted by Crippen LogP contribution is -2.41. The van der Waals surface area contributed by atoms with Crippen LogP contribution < -0.4 is 10.2 Å². The van der Waals surface area contributed by atoms with Crippen molar-refractivity contribution in [2.24, 2.45) is 0 Å². The van der Waals surface area contributed by atoms with Crippen LogP contribution in [0.25, 0.3) is 0 Å². The Balaban J connectivity index is 2.12. The van der Waals surface area contributed by atoms with E-state index in [1.807, 2.05) is 6.92 Å². The van der Waals surface area contributed by atoms with Gasteiger partial charge in [0.2, 0.25) is 0 Å². The molecule has 0 spiro atoms. The van der Waals surface area contributed by atoms with Gasteiger partial charge in [0.1, 0.15) is 0 Å². The van der Waals surface area contributed by atoms with Crippen LogP contribution in [0.15, 0.2) is 48.5 Å². The van der Waals surface area contributed by atoms with Gasteiger partial charge in [-0.2, -0.15) is 13.2 Å². The van der Waals surface area contributed by atoms with Gasteiger partial charge >= 0.3 is 12.1 Å². The molecule has 1 N–H and O–H groups in total. The third-order valence-corrected chi connectivity index (χ3v) is 3.55. The Labute approximate surface area is 143 Å². The van der Waals surface area contributed by atoms with Gasteiger partial charge in [0, 0.05) is 23.5 Å². The molecule has 0 fully saturated rings. The van der Waals surface area contributed by atoms with E-state index in [1.165, 1.54) is 31.2 Å². The van der Waals surface area contributed by atoms with Crippen molar-refractivity contribution in [3.8, 4) is 0 Å². The molecular formula is C18H17F3N2O2. The van der Waals surface area contributed by atoms with Crippen molar-refractivity contribution in [2.45, 2.75) is 20.0 Å². The molecule has 0 aliphatic heterocycles. The smallest absolute Gasteiger partial charge is 0.322 e. The van der Waals surface area contributed by atoms with E-state index in [0.29, 0.717) is 16.2 Å². The molecule has 4 nitrogen and oxygen atoms in total. The lowest BCUT2D eigenvalue weighted by atomic mass is 10.1. The predicted octanol–water partition coefficient (Wildman–Crippen LogP) is 4.16. The molecule has 2 aromatic carbocycles. The molecule has 25 heavy (non-hydrogen) atoms. The van der Waals surface area contributed by atoms with Gasteiger partial charge in [0.15, 0.2) is 0 Å². The number of rotatable bonds is 4. The zero-order valence-corrected chi connectivity index (χ0v) is 13.7. The maximum Gasteiger partial charge on any atom is 0.471 e. The second-order valence-electron chi connectivity index (χ2n) is 5.41. The van der Waals surface area contributed by atoms with Crippen molar-refractivity contribution >= 4 is 23.2 Å². The van der Waals surface area contributed by atoms with Gasteiger partial charge < -0.3 is 10.2 Å². The molecule has 0 saturated carbocycles. The highest BCUT2D eigenvalue weighted by Crippen LogP contribution is 2.25. The molecule has 0 aliphatic carbocycles. The fraction of sp³-hybridized carbons (Fsp3) is 0.222. The normalized spacial score (nSPS) is 11.1. The topological polar surface area (TPSA) is 49.4 Å². The van der Waals surface area contributed by atoms with Crippen LogP contribution in [0.4, 0.5) is 24.5 Å². The molecule has 0 radical (unpaired) electrons. The minimum atomic E-state index is -4.94. The zero-order valence-electron chi connectivity index (χ0n) is 13.7. The number of nitrogens with zero attached hydrogens (tertiary/aromatic N) is 1. The van der Waals surface area contributed by atoms with Crippen LogP contribution in [0.1, 0.15) is 22.8 Å². The standard InChI is InChI=1S/C18H17F3N2O2/c1-3-23(17(25)18(19,20)21)15-10-8-14(9-11-15)22-16(24)13-6-4-12(2)5-7-13/h4-11H,3H2,1-2H3,(H,22,24). The first-order valence-corrected chi connectivity index (χ1v) is 7.59. The average molecular weight is 350 g/mol. The second-order valence-corrected chi connectivity index (χ2v) is 5.41. The number of hydrogen-bond acceptors (Lipinski definition) is 2. The molecule has 7 heteroatoms. The number of carbonyl (C=O) groups excluding carboxylic acids is 2. The van der Waals surface area contributed by atoms with Crippen LogP contribution in [0.2, 0.25) is 0 Å². The van der Waals surface area contributed by atoms with Crippen molar-refractivity contribution in [3.05, 3.63) is 59.7 Å². The fourth-order valence-corrected chi connectivity index (χ4v) is 2.23. The molecule has 0 heterocycles. The molecule has 2 aromatic rings. The molecule has 132 valence electrons. The van der Waals surface area contributed by atoms with Gasteiger partial charge in [-0.1, -0.05) is 17.7 Å². The number of nitrogens with one attached hydrogen (secondary N) is 1. The Hall–Kier alpha value is -2.83. The molecule has 2 rings (SSSR count). The van der Waals surface area contributed by atoms with E-state index in [-0.39, 0.29) is 18.1 Å². The van der Waals surface area contributed by atoms with E-state index in [4.69, 9.17) is 0 Å². The SMILES string of the molecule is CCN(C(=O)C(F)(F)F)c1ccc(NC(=O)c2ccc(C)cc2)cc1. The van der Waals surface area contributed by atoms with Crippen LogP contribution in [-0.4, -0.2) is 24.5 Å². The van der Waals surface area contributed by atoms with Crippen LogP contribution in [0.3, 0.4) is 0 Å². The molecule has 0 atom stereocenters. The van der Waals surface area contributed by atoms with E-state index in [0.717, 1.165) is 5.56 Å². The van der Waals surface area contributed by atoms with Gasteiger partial charge in [0.25, 0.3) is 5.91 Å². The molecular weight excluding hydrogens is 333 g/mol. The van der Waals surface area contributed by atoms with Crippen molar-refractivity contribution in [1.82, 2.24) is 0 Å². The quantitative estimate of drug-likeness (QED) is 0.900. The van der Waals surface area contributed by atoms with Gasteiger partial charge in [-0.15, -0.1) is 0 Å². The molecule has 0 unspecified atom stereocenters.